The first kappa shape index (κ1) is 12.2. The van der Waals surface area contributed by atoms with Crippen LogP contribution in [0.2, 0.25) is 0 Å². The fourth-order valence-corrected chi connectivity index (χ4v) is 1.71. The minimum atomic E-state index is -0.0350. The zero-order valence-corrected chi connectivity index (χ0v) is 10.3. The molecule has 0 N–H and O–H groups in total. The SMILES string of the molecule is COc1ccc(OC)c(C(=O)Cc2ccoc2)c1. The summed E-state index contributed by atoms with van der Waals surface area (Å²) in [5, 5.41) is 0. The van der Waals surface area contributed by atoms with Crippen LogP contribution in [0.3, 0.4) is 0 Å². The van der Waals surface area contributed by atoms with Crippen LogP contribution in [0, 0.1) is 0 Å². The summed E-state index contributed by atoms with van der Waals surface area (Å²) in [4.78, 5) is 12.2. The quantitative estimate of drug-likeness (QED) is 0.761. The van der Waals surface area contributed by atoms with Crippen molar-refractivity contribution in [2.45, 2.75) is 6.42 Å². The Bertz CT molecular complexity index is 529. The van der Waals surface area contributed by atoms with Gasteiger partial charge < -0.3 is 13.9 Å². The van der Waals surface area contributed by atoms with Gasteiger partial charge in [0.2, 0.25) is 0 Å². The van der Waals surface area contributed by atoms with Gasteiger partial charge in [-0.2, -0.15) is 0 Å². The van der Waals surface area contributed by atoms with Crippen molar-refractivity contribution >= 4 is 5.78 Å². The van der Waals surface area contributed by atoms with Gasteiger partial charge in [-0.15, -0.1) is 0 Å². The van der Waals surface area contributed by atoms with E-state index in [4.69, 9.17) is 13.9 Å². The second-order valence-corrected chi connectivity index (χ2v) is 3.80. The summed E-state index contributed by atoms with van der Waals surface area (Å²) in [6.45, 7) is 0. The molecule has 0 aliphatic rings. The molecule has 0 saturated carbocycles. The third-order valence-electron chi connectivity index (χ3n) is 2.65. The lowest BCUT2D eigenvalue weighted by atomic mass is 10.0. The van der Waals surface area contributed by atoms with Gasteiger partial charge in [-0.05, 0) is 29.8 Å². The van der Waals surface area contributed by atoms with Crippen molar-refractivity contribution in [1.82, 2.24) is 0 Å². The number of ketones is 1. The molecule has 4 heteroatoms. The Hall–Kier alpha value is -2.23. The molecule has 1 aromatic heterocycles. The molecule has 1 heterocycles. The largest absolute Gasteiger partial charge is 0.497 e. The van der Waals surface area contributed by atoms with E-state index in [-0.39, 0.29) is 12.2 Å². The Balaban J connectivity index is 2.27. The summed E-state index contributed by atoms with van der Waals surface area (Å²) in [6, 6.07) is 6.93. The lowest BCUT2D eigenvalue weighted by Gasteiger charge is -2.09. The van der Waals surface area contributed by atoms with E-state index in [9.17, 15) is 4.79 Å². The van der Waals surface area contributed by atoms with E-state index in [1.54, 1.807) is 43.9 Å². The number of furan rings is 1. The van der Waals surface area contributed by atoms with Gasteiger partial charge in [-0.25, -0.2) is 0 Å². The minimum Gasteiger partial charge on any atom is -0.497 e. The molecule has 2 aromatic rings. The topological polar surface area (TPSA) is 48.7 Å². The molecule has 0 amide bonds. The molecule has 94 valence electrons. The van der Waals surface area contributed by atoms with Crippen LogP contribution in [-0.4, -0.2) is 20.0 Å². The van der Waals surface area contributed by atoms with Crippen molar-refractivity contribution < 1.29 is 18.7 Å². The molecule has 4 nitrogen and oxygen atoms in total. The lowest BCUT2D eigenvalue weighted by Crippen LogP contribution is -2.05. The van der Waals surface area contributed by atoms with Crippen LogP contribution < -0.4 is 9.47 Å². The zero-order valence-electron chi connectivity index (χ0n) is 10.3. The van der Waals surface area contributed by atoms with Crippen molar-refractivity contribution in [3.8, 4) is 11.5 Å². The first-order chi connectivity index (χ1) is 8.74. The lowest BCUT2D eigenvalue weighted by molar-refractivity contribution is 0.0989. The summed E-state index contributed by atoms with van der Waals surface area (Å²) in [5.74, 6) is 1.14. The Morgan fingerprint density at radius 1 is 1.22 bits per heavy atom. The average Bonchev–Trinajstić information content (AvgIpc) is 2.90. The molecule has 0 bridgehead atoms. The van der Waals surface area contributed by atoms with Crippen molar-refractivity contribution in [2.24, 2.45) is 0 Å². The van der Waals surface area contributed by atoms with Gasteiger partial charge in [0.25, 0.3) is 0 Å². The monoisotopic (exact) mass is 246 g/mol. The highest BCUT2D eigenvalue weighted by atomic mass is 16.5. The van der Waals surface area contributed by atoms with Gasteiger partial charge in [0.1, 0.15) is 11.5 Å². The highest BCUT2D eigenvalue weighted by Crippen LogP contribution is 2.25. The van der Waals surface area contributed by atoms with E-state index in [0.29, 0.717) is 17.1 Å². The summed E-state index contributed by atoms with van der Waals surface area (Å²) in [7, 11) is 3.10. The van der Waals surface area contributed by atoms with Gasteiger partial charge in [0, 0.05) is 6.42 Å². The molecule has 2 rings (SSSR count). The van der Waals surface area contributed by atoms with Crippen molar-refractivity contribution in [3.05, 3.63) is 47.9 Å². The van der Waals surface area contributed by atoms with Gasteiger partial charge >= 0.3 is 0 Å². The first-order valence-electron chi connectivity index (χ1n) is 5.51. The number of Topliss-reactive ketones (excluding diaryl/α,β-unsaturated/α-hetero) is 1. The number of carbonyl (C=O) groups is 1. The van der Waals surface area contributed by atoms with Gasteiger partial charge in [-0.3, -0.25) is 4.79 Å². The molecular formula is C14H14O4. The van der Waals surface area contributed by atoms with E-state index in [2.05, 4.69) is 0 Å². The normalized spacial score (nSPS) is 10.1. The van der Waals surface area contributed by atoms with E-state index in [1.165, 1.54) is 7.11 Å². The molecule has 0 aliphatic carbocycles. The number of hydrogen-bond donors (Lipinski definition) is 0. The smallest absolute Gasteiger partial charge is 0.171 e. The Kier molecular flexibility index (Phi) is 3.67. The number of carbonyl (C=O) groups excluding carboxylic acids is 1. The zero-order chi connectivity index (χ0) is 13.0. The molecule has 1 aromatic carbocycles. The molecule has 0 saturated heterocycles. The fraction of sp³-hybridized carbons (Fsp3) is 0.214. The first-order valence-corrected chi connectivity index (χ1v) is 5.51. The summed E-state index contributed by atoms with van der Waals surface area (Å²) >= 11 is 0. The van der Waals surface area contributed by atoms with E-state index in [1.807, 2.05) is 0 Å². The number of ether oxygens (including phenoxy) is 2. The molecule has 0 unspecified atom stereocenters. The summed E-state index contributed by atoms with van der Waals surface area (Å²) in [6.07, 6.45) is 3.38. The van der Waals surface area contributed by atoms with Crippen LogP contribution in [0.5, 0.6) is 11.5 Å². The van der Waals surface area contributed by atoms with Crippen LogP contribution in [-0.2, 0) is 6.42 Å². The molecule has 0 atom stereocenters. The highest BCUT2D eigenvalue weighted by molar-refractivity contribution is 6.00. The van der Waals surface area contributed by atoms with Crippen LogP contribution in [0.25, 0.3) is 0 Å². The Morgan fingerprint density at radius 3 is 2.67 bits per heavy atom. The number of rotatable bonds is 5. The maximum absolute atomic E-state index is 12.2. The fourth-order valence-electron chi connectivity index (χ4n) is 1.71. The van der Waals surface area contributed by atoms with Crippen molar-refractivity contribution in [1.29, 1.82) is 0 Å². The number of benzene rings is 1. The summed E-state index contributed by atoms with van der Waals surface area (Å²) < 4.78 is 15.2. The predicted octanol–water partition coefficient (Wildman–Crippen LogP) is 2.72. The maximum Gasteiger partial charge on any atom is 0.171 e. The van der Waals surface area contributed by atoms with Crippen LogP contribution in [0.1, 0.15) is 15.9 Å². The molecule has 0 radical (unpaired) electrons. The van der Waals surface area contributed by atoms with Crippen LogP contribution in [0.15, 0.2) is 41.2 Å². The van der Waals surface area contributed by atoms with Gasteiger partial charge in [-0.1, -0.05) is 0 Å². The van der Waals surface area contributed by atoms with Crippen molar-refractivity contribution in [2.75, 3.05) is 14.2 Å². The molecular weight excluding hydrogens is 232 g/mol. The second kappa shape index (κ2) is 5.40. The third-order valence-corrected chi connectivity index (χ3v) is 2.65. The second-order valence-electron chi connectivity index (χ2n) is 3.80. The Labute approximate surface area is 105 Å². The van der Waals surface area contributed by atoms with Crippen LogP contribution in [0.4, 0.5) is 0 Å². The average molecular weight is 246 g/mol. The Morgan fingerprint density at radius 2 is 2.06 bits per heavy atom. The highest BCUT2D eigenvalue weighted by Gasteiger charge is 2.14. The van der Waals surface area contributed by atoms with Crippen LogP contribution >= 0.6 is 0 Å². The number of methoxy groups -OCH3 is 2. The van der Waals surface area contributed by atoms with Gasteiger partial charge in [0.05, 0.1) is 32.3 Å². The maximum atomic E-state index is 12.2. The molecule has 0 aliphatic heterocycles. The van der Waals surface area contributed by atoms with E-state index < -0.39 is 0 Å². The number of hydrogen-bond acceptors (Lipinski definition) is 4. The van der Waals surface area contributed by atoms with E-state index >= 15 is 0 Å². The standard InChI is InChI=1S/C14H14O4/c1-16-11-3-4-14(17-2)12(8-11)13(15)7-10-5-6-18-9-10/h3-6,8-9H,7H2,1-2H3. The molecule has 18 heavy (non-hydrogen) atoms. The summed E-state index contributed by atoms with van der Waals surface area (Å²) in [5.41, 5.74) is 1.35. The molecule has 0 spiro atoms. The predicted molar refractivity (Wildman–Crippen MR) is 66.3 cm³/mol. The third kappa shape index (κ3) is 2.53. The minimum absolute atomic E-state index is 0.0350. The van der Waals surface area contributed by atoms with Gasteiger partial charge in [0.15, 0.2) is 5.78 Å². The molecule has 0 fully saturated rings. The van der Waals surface area contributed by atoms with Crippen molar-refractivity contribution in [3.63, 3.8) is 0 Å². The van der Waals surface area contributed by atoms with E-state index in [0.717, 1.165) is 5.56 Å².